The summed E-state index contributed by atoms with van der Waals surface area (Å²) in [5.74, 6) is -13.4. The molecule has 0 radical (unpaired) electrons. The fourth-order valence-corrected chi connectivity index (χ4v) is 1.87. The summed E-state index contributed by atoms with van der Waals surface area (Å²) < 4.78 is 81.2. The van der Waals surface area contributed by atoms with E-state index in [9.17, 15) is 26.7 Å². The average molecular weight is 336 g/mol. The van der Waals surface area contributed by atoms with Gasteiger partial charge in [-0.25, -0.2) is 13.2 Å². The third-order valence-corrected chi connectivity index (χ3v) is 2.96. The highest BCUT2D eigenvalue weighted by atomic mass is 19.2. The Bertz CT molecular complexity index is 673. The predicted octanol–water partition coefficient (Wildman–Crippen LogP) is 2.77. The molecule has 0 aliphatic heterocycles. The number of methoxy groups -OCH3 is 2. The topological polar surface area (TPSA) is 44.8 Å². The molecular formula is C14H9F5O4. The molecule has 4 nitrogen and oxygen atoms in total. The van der Waals surface area contributed by atoms with E-state index in [-0.39, 0.29) is 11.5 Å². The van der Waals surface area contributed by atoms with Gasteiger partial charge in [0.15, 0.2) is 11.5 Å². The molecule has 2 rings (SSSR count). The first-order valence-electron chi connectivity index (χ1n) is 6.05. The van der Waals surface area contributed by atoms with Gasteiger partial charge in [-0.1, -0.05) is 0 Å². The van der Waals surface area contributed by atoms with Crippen molar-refractivity contribution in [3.8, 4) is 5.75 Å². The fraction of sp³-hybridized carbons (Fsp3) is 0.214. The zero-order valence-electron chi connectivity index (χ0n) is 11.8. The molecular weight excluding hydrogens is 327 g/mol. The van der Waals surface area contributed by atoms with Crippen LogP contribution < -0.4 is 4.74 Å². The van der Waals surface area contributed by atoms with E-state index < -0.39 is 46.7 Å². The predicted molar refractivity (Wildman–Crippen MR) is 65.8 cm³/mol. The van der Waals surface area contributed by atoms with E-state index in [2.05, 4.69) is 0 Å². The average Bonchev–Trinajstić information content (AvgIpc) is 2.55. The Morgan fingerprint density at radius 1 is 0.783 bits per heavy atom. The summed E-state index contributed by atoms with van der Waals surface area (Å²) in [4.78, 5) is 11.4. The second-order valence-electron chi connectivity index (χ2n) is 4.30. The van der Waals surface area contributed by atoms with Gasteiger partial charge in [0, 0.05) is 12.2 Å². The molecule has 124 valence electrons. The van der Waals surface area contributed by atoms with Crippen molar-refractivity contribution in [2.45, 2.75) is 6.10 Å². The van der Waals surface area contributed by atoms with Crippen LogP contribution in [0, 0.1) is 29.1 Å². The minimum absolute atomic E-state index is 0.224. The number of carbonyl (C=O) groups excluding carboxylic acids is 1. The van der Waals surface area contributed by atoms with Crippen LogP contribution >= 0.6 is 0 Å². The van der Waals surface area contributed by atoms with Crippen molar-refractivity contribution in [1.82, 2.24) is 0 Å². The lowest BCUT2D eigenvalue weighted by molar-refractivity contribution is -0.111. The Hall–Kier alpha value is -2.58. The van der Waals surface area contributed by atoms with Crippen molar-refractivity contribution in [3.63, 3.8) is 0 Å². The standard InChI is InChI=1S/C14H9F5O4/c1-21-6-3-5(20)4-7(22-2)13(6)23-14-11(18)9(16)8(15)10(17)12(14)19/h3-4,13H,1-2H3. The molecule has 9 heteroatoms. The second-order valence-corrected chi connectivity index (χ2v) is 4.30. The number of halogens is 5. The quantitative estimate of drug-likeness (QED) is 0.482. The van der Waals surface area contributed by atoms with E-state index in [1.54, 1.807) is 0 Å². The molecule has 0 saturated carbocycles. The van der Waals surface area contributed by atoms with Crippen LogP contribution in [0.15, 0.2) is 23.7 Å². The fourth-order valence-electron chi connectivity index (χ4n) is 1.87. The molecule has 0 bridgehead atoms. The second kappa shape index (κ2) is 6.27. The first-order chi connectivity index (χ1) is 10.8. The van der Waals surface area contributed by atoms with Gasteiger partial charge in [0.25, 0.3) is 0 Å². The molecule has 0 spiro atoms. The van der Waals surface area contributed by atoms with Gasteiger partial charge in [0.2, 0.25) is 35.2 Å². The zero-order valence-corrected chi connectivity index (χ0v) is 11.8. The van der Waals surface area contributed by atoms with Crippen molar-refractivity contribution in [2.24, 2.45) is 0 Å². The highest BCUT2D eigenvalue weighted by Gasteiger charge is 2.34. The lowest BCUT2D eigenvalue weighted by atomic mass is 10.1. The van der Waals surface area contributed by atoms with Gasteiger partial charge in [-0.15, -0.1) is 0 Å². The monoisotopic (exact) mass is 336 g/mol. The van der Waals surface area contributed by atoms with Crippen molar-refractivity contribution in [1.29, 1.82) is 0 Å². The zero-order chi connectivity index (χ0) is 17.3. The van der Waals surface area contributed by atoms with Gasteiger partial charge in [-0.05, 0) is 0 Å². The summed E-state index contributed by atoms with van der Waals surface area (Å²) in [6.07, 6.45) is 0.370. The third kappa shape index (κ3) is 2.86. The molecule has 0 aromatic heterocycles. The molecule has 0 N–H and O–H groups in total. The first-order valence-corrected chi connectivity index (χ1v) is 6.05. The van der Waals surface area contributed by atoms with E-state index >= 15 is 0 Å². The van der Waals surface area contributed by atoms with E-state index in [1.165, 1.54) is 0 Å². The van der Waals surface area contributed by atoms with Crippen LogP contribution in [0.4, 0.5) is 22.0 Å². The molecule has 1 aromatic rings. The normalized spacial score (nSPS) is 15.2. The molecule has 0 atom stereocenters. The maximum absolute atomic E-state index is 13.7. The molecule has 1 aromatic carbocycles. The molecule has 1 aliphatic carbocycles. The van der Waals surface area contributed by atoms with Crippen LogP contribution in [0.5, 0.6) is 5.75 Å². The largest absolute Gasteiger partial charge is 0.496 e. The lowest BCUT2D eigenvalue weighted by Crippen LogP contribution is -2.29. The van der Waals surface area contributed by atoms with Crippen LogP contribution in [0.25, 0.3) is 0 Å². The SMILES string of the molecule is COC1=CC(=O)C=C(OC)C1Oc1c(F)c(F)c(F)c(F)c1F. The van der Waals surface area contributed by atoms with Crippen LogP contribution in [-0.4, -0.2) is 26.1 Å². The molecule has 0 unspecified atom stereocenters. The summed E-state index contributed by atoms with van der Waals surface area (Å²) in [6.45, 7) is 0. The number of ketones is 1. The summed E-state index contributed by atoms with van der Waals surface area (Å²) in [7, 11) is 2.26. The van der Waals surface area contributed by atoms with Crippen molar-refractivity contribution in [2.75, 3.05) is 14.2 Å². The van der Waals surface area contributed by atoms with Crippen LogP contribution in [0.2, 0.25) is 0 Å². The van der Waals surface area contributed by atoms with E-state index in [4.69, 9.17) is 14.2 Å². The Morgan fingerprint density at radius 2 is 1.17 bits per heavy atom. The molecule has 1 aliphatic rings. The summed E-state index contributed by atoms with van der Waals surface area (Å²) in [5.41, 5.74) is 0. The number of rotatable bonds is 4. The van der Waals surface area contributed by atoms with Crippen LogP contribution in [0.3, 0.4) is 0 Å². The molecule has 0 fully saturated rings. The maximum atomic E-state index is 13.7. The molecule has 23 heavy (non-hydrogen) atoms. The summed E-state index contributed by atoms with van der Waals surface area (Å²) >= 11 is 0. The number of benzene rings is 1. The van der Waals surface area contributed by atoms with Gasteiger partial charge >= 0.3 is 0 Å². The van der Waals surface area contributed by atoms with E-state index in [1.807, 2.05) is 0 Å². The number of hydrogen-bond acceptors (Lipinski definition) is 4. The highest BCUT2D eigenvalue weighted by molar-refractivity contribution is 6.01. The van der Waals surface area contributed by atoms with Gasteiger partial charge in [-0.2, -0.15) is 8.78 Å². The maximum Gasteiger partial charge on any atom is 0.212 e. The Labute approximate surface area is 126 Å². The number of hydrogen-bond donors (Lipinski definition) is 0. The van der Waals surface area contributed by atoms with Crippen molar-refractivity contribution in [3.05, 3.63) is 52.8 Å². The minimum atomic E-state index is -2.31. The summed E-state index contributed by atoms with van der Waals surface area (Å²) in [6, 6.07) is 0. The van der Waals surface area contributed by atoms with Crippen LogP contribution in [-0.2, 0) is 14.3 Å². The minimum Gasteiger partial charge on any atom is -0.496 e. The molecule has 0 heterocycles. The molecule has 0 saturated heterocycles. The van der Waals surface area contributed by atoms with E-state index in [0.717, 1.165) is 26.4 Å². The Morgan fingerprint density at radius 3 is 1.57 bits per heavy atom. The third-order valence-electron chi connectivity index (χ3n) is 2.96. The van der Waals surface area contributed by atoms with E-state index in [0.29, 0.717) is 0 Å². The number of allylic oxidation sites excluding steroid dienone is 2. The number of ether oxygens (including phenoxy) is 3. The van der Waals surface area contributed by atoms with Gasteiger partial charge in [0.1, 0.15) is 11.5 Å². The number of carbonyl (C=O) groups is 1. The van der Waals surface area contributed by atoms with Gasteiger partial charge in [-0.3, -0.25) is 4.79 Å². The molecule has 0 amide bonds. The van der Waals surface area contributed by atoms with Gasteiger partial charge < -0.3 is 14.2 Å². The van der Waals surface area contributed by atoms with Crippen LogP contribution in [0.1, 0.15) is 0 Å². The smallest absolute Gasteiger partial charge is 0.212 e. The Balaban J connectivity index is 2.51. The lowest BCUT2D eigenvalue weighted by Gasteiger charge is -2.25. The Kier molecular flexibility index (Phi) is 4.57. The van der Waals surface area contributed by atoms with Crippen molar-refractivity contribution < 1.29 is 41.0 Å². The first kappa shape index (κ1) is 16.8. The summed E-state index contributed by atoms with van der Waals surface area (Å²) in [5, 5.41) is 0. The van der Waals surface area contributed by atoms with Crippen molar-refractivity contribution >= 4 is 5.78 Å². The van der Waals surface area contributed by atoms with Gasteiger partial charge in [0.05, 0.1) is 14.2 Å². The highest BCUT2D eigenvalue weighted by Crippen LogP contribution is 2.33.